The van der Waals surface area contributed by atoms with E-state index in [0.29, 0.717) is 15.5 Å². The number of hydrogen-bond acceptors (Lipinski definition) is 8. The summed E-state index contributed by atoms with van der Waals surface area (Å²) in [5, 5.41) is 8.58. The monoisotopic (exact) mass is 482 g/mol. The molecule has 0 bridgehead atoms. The molecule has 11 heteroatoms. The Morgan fingerprint density at radius 2 is 1.87 bits per heavy atom. The van der Waals surface area contributed by atoms with Crippen LogP contribution in [0.4, 0.5) is 4.39 Å². The van der Waals surface area contributed by atoms with Gasteiger partial charge in [0.05, 0.1) is 15.5 Å². The summed E-state index contributed by atoms with van der Waals surface area (Å²) in [6, 6.07) is 8.10. The average Bonchev–Trinajstić information content (AvgIpc) is 3.33. The molecule has 0 saturated heterocycles. The smallest absolute Gasteiger partial charge is 0.258 e. The highest BCUT2D eigenvalue weighted by atomic mass is 35.5. The number of thiophene rings is 1. The van der Waals surface area contributed by atoms with Crippen molar-refractivity contribution in [1.82, 2.24) is 10.2 Å². The van der Waals surface area contributed by atoms with Crippen LogP contribution in [0.3, 0.4) is 0 Å². The average molecular weight is 483 g/mol. The van der Waals surface area contributed by atoms with Gasteiger partial charge in [-0.05, 0) is 50.6 Å². The van der Waals surface area contributed by atoms with Gasteiger partial charge in [0.25, 0.3) is 5.89 Å². The summed E-state index contributed by atoms with van der Waals surface area (Å²) in [5.74, 6) is -0.574. The Morgan fingerprint density at radius 1 is 1.23 bits per heavy atom. The van der Waals surface area contributed by atoms with E-state index in [4.69, 9.17) is 21.8 Å². The van der Waals surface area contributed by atoms with Crippen molar-refractivity contribution in [2.24, 2.45) is 10.7 Å². The first-order valence-electron chi connectivity index (χ1n) is 9.47. The molecule has 2 atom stereocenters. The summed E-state index contributed by atoms with van der Waals surface area (Å²) in [4.78, 5) is 4.96. The van der Waals surface area contributed by atoms with Crippen LogP contribution in [-0.2, 0) is 15.4 Å². The summed E-state index contributed by atoms with van der Waals surface area (Å²) < 4.78 is 45.3. The fraction of sp³-hybridized carbons (Fsp3) is 0.350. The Kier molecular flexibility index (Phi) is 5.22. The third-order valence-electron chi connectivity index (χ3n) is 5.64. The fourth-order valence-electron chi connectivity index (χ4n) is 3.50. The number of nitrogens with two attached hydrogens (primary N) is 1. The molecule has 164 valence electrons. The van der Waals surface area contributed by atoms with Crippen molar-refractivity contribution in [2.75, 3.05) is 5.75 Å². The van der Waals surface area contributed by atoms with Crippen LogP contribution in [0.5, 0.6) is 0 Å². The summed E-state index contributed by atoms with van der Waals surface area (Å²) in [6.07, 6.45) is 0.286. The van der Waals surface area contributed by atoms with Gasteiger partial charge in [0.1, 0.15) is 21.9 Å². The number of aromatic nitrogens is 2. The molecular formula is C20H20ClFN4O3S2. The number of hydrogen-bond donors (Lipinski definition) is 1. The summed E-state index contributed by atoms with van der Waals surface area (Å²) >= 11 is 6.92. The molecule has 3 aromatic rings. The molecule has 7 nitrogen and oxygen atoms in total. The maximum absolute atomic E-state index is 15.0. The Bertz CT molecular complexity index is 1290. The molecule has 0 unspecified atom stereocenters. The largest absolute Gasteiger partial charge is 0.415 e. The van der Waals surface area contributed by atoms with E-state index in [-0.39, 0.29) is 34.7 Å². The highest BCUT2D eigenvalue weighted by Gasteiger charge is 2.51. The molecule has 2 N–H and O–H groups in total. The van der Waals surface area contributed by atoms with E-state index in [1.54, 1.807) is 45.0 Å². The molecule has 0 radical (unpaired) electrons. The molecule has 0 fully saturated rings. The minimum Gasteiger partial charge on any atom is -0.415 e. The molecule has 31 heavy (non-hydrogen) atoms. The van der Waals surface area contributed by atoms with Gasteiger partial charge in [-0.2, -0.15) is 0 Å². The second kappa shape index (κ2) is 7.39. The Balaban J connectivity index is 1.73. The molecule has 2 aromatic heterocycles. The number of rotatable bonds is 4. The van der Waals surface area contributed by atoms with Gasteiger partial charge in [0, 0.05) is 10.6 Å². The molecular weight excluding hydrogens is 463 g/mol. The third kappa shape index (κ3) is 3.56. The van der Waals surface area contributed by atoms with Crippen LogP contribution in [0.25, 0.3) is 22.2 Å². The molecule has 0 spiro atoms. The highest BCUT2D eigenvalue weighted by Crippen LogP contribution is 2.44. The van der Waals surface area contributed by atoms with E-state index in [2.05, 4.69) is 15.2 Å². The minimum atomic E-state index is -3.66. The lowest BCUT2D eigenvalue weighted by Crippen LogP contribution is -2.56. The van der Waals surface area contributed by atoms with Crippen LogP contribution < -0.4 is 5.73 Å². The van der Waals surface area contributed by atoms with Gasteiger partial charge in [0.2, 0.25) is 5.89 Å². The van der Waals surface area contributed by atoms with E-state index in [1.807, 2.05) is 0 Å². The Hall–Kier alpha value is -2.30. The van der Waals surface area contributed by atoms with Gasteiger partial charge in [-0.15, -0.1) is 21.5 Å². The molecule has 0 saturated carbocycles. The first kappa shape index (κ1) is 21.9. The van der Waals surface area contributed by atoms with Crippen molar-refractivity contribution >= 4 is 38.6 Å². The second-order valence-electron chi connectivity index (χ2n) is 7.82. The zero-order valence-electron chi connectivity index (χ0n) is 17.0. The standard InChI is InChI=1S/C20H20ClFN4O3S2/c1-4-20(3)18(23)24-19(2,10-31(20,27)28)15-13(22)9-14(30-15)17-26-25-16(29-17)11-5-7-12(21)8-6-11/h5-9H,4,10H2,1-3H3,(H2,23,24)/t19-,20-/m0/s1. The van der Waals surface area contributed by atoms with E-state index < -0.39 is 25.9 Å². The number of aliphatic imine (C=N–C) groups is 1. The molecule has 1 aliphatic heterocycles. The Morgan fingerprint density at radius 3 is 2.48 bits per heavy atom. The van der Waals surface area contributed by atoms with E-state index in [1.165, 1.54) is 6.07 Å². The van der Waals surface area contributed by atoms with Gasteiger partial charge < -0.3 is 10.2 Å². The predicted octanol–water partition coefficient (Wildman–Crippen LogP) is 4.43. The van der Waals surface area contributed by atoms with Crippen molar-refractivity contribution in [2.45, 2.75) is 37.5 Å². The molecule has 3 heterocycles. The SMILES string of the molecule is CC[C@@]1(C)C(N)=N[C@](C)(c2sc(-c3nnc(-c4ccc(Cl)cc4)o3)cc2F)CS1(=O)=O. The predicted molar refractivity (Wildman–Crippen MR) is 119 cm³/mol. The van der Waals surface area contributed by atoms with Gasteiger partial charge in [-0.25, -0.2) is 12.8 Å². The number of halogens is 2. The lowest BCUT2D eigenvalue weighted by molar-refractivity contribution is 0.479. The maximum Gasteiger partial charge on any atom is 0.258 e. The van der Waals surface area contributed by atoms with Gasteiger partial charge in [0.15, 0.2) is 9.84 Å². The van der Waals surface area contributed by atoms with Crippen molar-refractivity contribution < 1.29 is 17.2 Å². The van der Waals surface area contributed by atoms with Crippen LogP contribution in [0, 0.1) is 5.82 Å². The molecule has 0 aliphatic carbocycles. The lowest BCUT2D eigenvalue weighted by Gasteiger charge is -2.38. The third-order valence-corrected chi connectivity index (χ3v) is 10.1. The normalized spacial score (nSPS) is 25.4. The number of benzene rings is 1. The van der Waals surface area contributed by atoms with Gasteiger partial charge in [-0.1, -0.05) is 18.5 Å². The number of sulfone groups is 1. The van der Waals surface area contributed by atoms with E-state index in [9.17, 15) is 12.8 Å². The topological polar surface area (TPSA) is 111 Å². The van der Waals surface area contributed by atoms with Crippen molar-refractivity contribution in [1.29, 1.82) is 0 Å². The maximum atomic E-state index is 15.0. The zero-order valence-corrected chi connectivity index (χ0v) is 19.4. The first-order valence-corrected chi connectivity index (χ1v) is 12.3. The second-order valence-corrected chi connectivity index (χ2v) is 11.7. The summed E-state index contributed by atoms with van der Waals surface area (Å²) in [6.45, 7) is 4.85. The van der Waals surface area contributed by atoms with Crippen LogP contribution in [0.15, 0.2) is 39.7 Å². The minimum absolute atomic E-state index is 0.0130. The van der Waals surface area contributed by atoms with Crippen LogP contribution in [0.1, 0.15) is 32.1 Å². The summed E-state index contributed by atoms with van der Waals surface area (Å²) in [7, 11) is -3.66. The van der Waals surface area contributed by atoms with Crippen molar-refractivity contribution in [3.63, 3.8) is 0 Å². The fourth-order valence-corrected chi connectivity index (χ4v) is 6.83. The zero-order chi connectivity index (χ0) is 22.6. The molecule has 0 amide bonds. The molecule has 4 rings (SSSR count). The van der Waals surface area contributed by atoms with Crippen LogP contribution in [0.2, 0.25) is 5.02 Å². The van der Waals surface area contributed by atoms with Crippen LogP contribution >= 0.6 is 22.9 Å². The molecule has 1 aromatic carbocycles. The molecule has 1 aliphatic rings. The van der Waals surface area contributed by atoms with E-state index >= 15 is 0 Å². The highest BCUT2D eigenvalue weighted by molar-refractivity contribution is 7.93. The first-order chi connectivity index (χ1) is 14.5. The van der Waals surface area contributed by atoms with Crippen molar-refractivity contribution in [3.8, 4) is 22.2 Å². The van der Waals surface area contributed by atoms with Crippen molar-refractivity contribution in [3.05, 3.63) is 46.0 Å². The lowest BCUT2D eigenvalue weighted by atomic mass is 10.0. The quantitative estimate of drug-likeness (QED) is 0.588. The summed E-state index contributed by atoms with van der Waals surface area (Å²) in [5.41, 5.74) is 5.39. The van der Waals surface area contributed by atoms with E-state index in [0.717, 1.165) is 11.3 Å². The van der Waals surface area contributed by atoms with Gasteiger partial charge in [-0.3, -0.25) is 4.99 Å². The Labute approximate surface area is 188 Å². The van der Waals surface area contributed by atoms with Crippen LogP contribution in [-0.4, -0.2) is 35.0 Å². The number of amidine groups is 1. The number of nitrogens with zero attached hydrogens (tertiary/aromatic N) is 3. The van der Waals surface area contributed by atoms with Gasteiger partial charge >= 0.3 is 0 Å².